The molecule has 0 amide bonds. The standard InChI is InChI=1S/C21H33O6/c1-2-3-4-5-6-7-10-13-26-16-12-9-8-11-15(16)21-20(25)19(24)18(23)17(14-22)27-21/h8-9,11-12,17-20,22-25H,2-7,10,13-14H2,1H3/t17-,18+,19+,20-/m1/s1. The van der Waals surface area contributed by atoms with Gasteiger partial charge in [0, 0.05) is 5.56 Å². The monoisotopic (exact) mass is 381 g/mol. The van der Waals surface area contributed by atoms with Crippen molar-refractivity contribution in [1.82, 2.24) is 0 Å². The zero-order valence-electron chi connectivity index (χ0n) is 16.1. The van der Waals surface area contributed by atoms with Crippen LogP contribution in [0.5, 0.6) is 5.75 Å². The predicted molar refractivity (Wildman–Crippen MR) is 102 cm³/mol. The number of aliphatic hydroxyl groups is 4. The molecule has 1 aromatic carbocycles. The molecule has 2 rings (SSSR count). The summed E-state index contributed by atoms with van der Waals surface area (Å²) in [5.41, 5.74) is 0.525. The summed E-state index contributed by atoms with van der Waals surface area (Å²) in [5.74, 6) is 0.554. The van der Waals surface area contributed by atoms with E-state index in [9.17, 15) is 20.4 Å². The third kappa shape index (κ3) is 6.16. The van der Waals surface area contributed by atoms with E-state index in [1.54, 1.807) is 18.2 Å². The summed E-state index contributed by atoms with van der Waals surface area (Å²) in [5, 5.41) is 39.6. The minimum absolute atomic E-state index is 0.113. The van der Waals surface area contributed by atoms with Crippen LogP contribution in [0.1, 0.15) is 57.4 Å². The van der Waals surface area contributed by atoms with Crippen LogP contribution in [0.15, 0.2) is 24.3 Å². The number of aliphatic hydroxyl groups excluding tert-OH is 4. The normalized spacial score (nSPS) is 26.3. The lowest BCUT2D eigenvalue weighted by atomic mass is 9.91. The van der Waals surface area contributed by atoms with Crippen LogP contribution in [-0.4, -0.2) is 58.1 Å². The van der Waals surface area contributed by atoms with E-state index >= 15 is 0 Å². The fourth-order valence-corrected chi connectivity index (χ4v) is 3.27. The maximum absolute atomic E-state index is 10.3. The van der Waals surface area contributed by atoms with Gasteiger partial charge in [0.1, 0.15) is 30.2 Å². The van der Waals surface area contributed by atoms with Crippen molar-refractivity contribution in [1.29, 1.82) is 0 Å². The summed E-state index contributed by atoms with van der Waals surface area (Å²) in [6.45, 7) is 2.30. The Hall–Kier alpha value is -1.18. The van der Waals surface area contributed by atoms with E-state index in [1.807, 2.05) is 6.07 Å². The van der Waals surface area contributed by atoms with Gasteiger partial charge in [-0.2, -0.15) is 0 Å². The number of para-hydroxylation sites is 1. The Bertz CT molecular complexity index is 535. The molecule has 4 N–H and O–H groups in total. The fourth-order valence-electron chi connectivity index (χ4n) is 3.27. The van der Waals surface area contributed by atoms with E-state index in [2.05, 4.69) is 6.92 Å². The Kier molecular flexibility index (Phi) is 9.51. The molecule has 0 saturated carbocycles. The van der Waals surface area contributed by atoms with Crippen LogP contribution in [0.25, 0.3) is 0 Å². The third-order valence-electron chi connectivity index (χ3n) is 4.94. The van der Waals surface area contributed by atoms with Gasteiger partial charge in [0.25, 0.3) is 0 Å². The van der Waals surface area contributed by atoms with Crippen LogP contribution in [0.2, 0.25) is 0 Å². The van der Waals surface area contributed by atoms with Crippen LogP contribution in [0, 0.1) is 6.10 Å². The van der Waals surface area contributed by atoms with Gasteiger partial charge >= 0.3 is 0 Å². The Morgan fingerprint density at radius 2 is 1.59 bits per heavy atom. The molecule has 0 unspecified atom stereocenters. The van der Waals surface area contributed by atoms with Crippen molar-refractivity contribution >= 4 is 0 Å². The van der Waals surface area contributed by atoms with Gasteiger partial charge in [-0.3, -0.25) is 0 Å². The van der Waals surface area contributed by atoms with Crippen molar-refractivity contribution in [2.45, 2.75) is 76.3 Å². The first-order valence-corrected chi connectivity index (χ1v) is 10.0. The van der Waals surface area contributed by atoms with Gasteiger partial charge in [-0.25, -0.2) is 0 Å². The van der Waals surface area contributed by atoms with Gasteiger partial charge in [-0.05, 0) is 12.5 Å². The fraction of sp³-hybridized carbons (Fsp3) is 0.667. The number of hydrogen-bond donors (Lipinski definition) is 4. The van der Waals surface area contributed by atoms with E-state index in [1.165, 1.54) is 32.1 Å². The zero-order valence-corrected chi connectivity index (χ0v) is 16.1. The molecule has 1 aliphatic rings. The summed E-state index contributed by atoms with van der Waals surface area (Å²) in [6, 6.07) is 7.13. The van der Waals surface area contributed by atoms with E-state index < -0.39 is 31.0 Å². The van der Waals surface area contributed by atoms with Crippen LogP contribution in [0.3, 0.4) is 0 Å². The predicted octanol–water partition coefficient (Wildman–Crippen LogP) is 2.17. The summed E-state index contributed by atoms with van der Waals surface area (Å²) in [6.07, 6.45) is 3.29. The average Bonchev–Trinajstić information content (AvgIpc) is 2.69. The van der Waals surface area contributed by atoms with Gasteiger partial charge in [-0.15, -0.1) is 0 Å². The molecule has 6 heteroatoms. The molecule has 1 heterocycles. The Morgan fingerprint density at radius 1 is 0.926 bits per heavy atom. The van der Waals surface area contributed by atoms with Crippen LogP contribution >= 0.6 is 0 Å². The first-order chi connectivity index (χ1) is 13.1. The molecule has 0 bridgehead atoms. The second kappa shape index (κ2) is 11.6. The topological polar surface area (TPSA) is 99.4 Å². The number of unbranched alkanes of at least 4 members (excludes halogenated alkanes) is 6. The van der Waals surface area contributed by atoms with Gasteiger partial charge in [-0.1, -0.05) is 63.6 Å². The Morgan fingerprint density at radius 3 is 2.30 bits per heavy atom. The lowest BCUT2D eigenvalue weighted by Crippen LogP contribution is -2.55. The maximum Gasteiger partial charge on any atom is 0.161 e. The molecule has 4 atom stereocenters. The minimum atomic E-state index is -1.43. The molecule has 153 valence electrons. The smallest absolute Gasteiger partial charge is 0.161 e. The van der Waals surface area contributed by atoms with Crippen molar-refractivity contribution < 1.29 is 29.9 Å². The third-order valence-corrected chi connectivity index (χ3v) is 4.94. The van der Waals surface area contributed by atoms with Gasteiger partial charge in [0.2, 0.25) is 0 Å². The second-order valence-electron chi connectivity index (χ2n) is 7.10. The molecule has 0 aliphatic carbocycles. The van der Waals surface area contributed by atoms with E-state index in [-0.39, 0.29) is 6.10 Å². The molecule has 1 saturated heterocycles. The molecule has 1 aliphatic heterocycles. The molecular formula is C21H33O6. The molecule has 1 fully saturated rings. The van der Waals surface area contributed by atoms with Crippen molar-refractivity contribution in [3.8, 4) is 5.75 Å². The molecule has 0 aromatic heterocycles. The van der Waals surface area contributed by atoms with Gasteiger partial charge < -0.3 is 29.9 Å². The summed E-state index contributed by atoms with van der Waals surface area (Å²) in [7, 11) is 0. The average molecular weight is 381 g/mol. The van der Waals surface area contributed by atoms with E-state index in [0.29, 0.717) is 17.9 Å². The zero-order chi connectivity index (χ0) is 19.6. The maximum atomic E-state index is 10.3. The highest BCUT2D eigenvalue weighted by atomic mass is 16.5. The largest absolute Gasteiger partial charge is 0.493 e. The molecular weight excluding hydrogens is 348 g/mol. The number of hydrogen-bond acceptors (Lipinski definition) is 6. The van der Waals surface area contributed by atoms with Crippen molar-refractivity contribution in [2.75, 3.05) is 13.2 Å². The van der Waals surface area contributed by atoms with Gasteiger partial charge in [0.15, 0.2) is 6.10 Å². The minimum Gasteiger partial charge on any atom is -0.493 e. The van der Waals surface area contributed by atoms with Crippen molar-refractivity contribution in [2.24, 2.45) is 0 Å². The summed E-state index contributed by atoms with van der Waals surface area (Å²) >= 11 is 0. The first-order valence-electron chi connectivity index (χ1n) is 10.0. The summed E-state index contributed by atoms with van der Waals surface area (Å²) < 4.78 is 11.4. The lowest BCUT2D eigenvalue weighted by Gasteiger charge is -2.39. The van der Waals surface area contributed by atoms with E-state index in [4.69, 9.17) is 9.47 Å². The number of rotatable bonds is 11. The highest BCUT2D eigenvalue weighted by Gasteiger charge is 2.45. The molecule has 0 spiro atoms. The highest BCUT2D eigenvalue weighted by molar-refractivity contribution is 5.43. The molecule has 1 aromatic rings. The second-order valence-corrected chi connectivity index (χ2v) is 7.10. The summed E-state index contributed by atoms with van der Waals surface area (Å²) in [4.78, 5) is 0. The SMILES string of the molecule is CCCCCCCCCOc1ccccc1[C]1O[C@H](CO)[C@H](O)[C@H](O)[C@H]1O. The van der Waals surface area contributed by atoms with Crippen molar-refractivity contribution in [3.05, 3.63) is 35.9 Å². The Labute approximate surface area is 161 Å². The van der Waals surface area contributed by atoms with Crippen LogP contribution < -0.4 is 4.74 Å². The quantitative estimate of drug-likeness (QED) is 0.439. The van der Waals surface area contributed by atoms with Crippen LogP contribution in [-0.2, 0) is 4.74 Å². The molecule has 6 nitrogen and oxygen atoms in total. The molecule has 1 radical (unpaired) electrons. The lowest BCUT2D eigenvalue weighted by molar-refractivity contribution is -0.184. The van der Waals surface area contributed by atoms with Crippen molar-refractivity contribution in [3.63, 3.8) is 0 Å². The van der Waals surface area contributed by atoms with Crippen LogP contribution in [0.4, 0.5) is 0 Å². The Balaban J connectivity index is 1.91. The van der Waals surface area contributed by atoms with E-state index in [0.717, 1.165) is 12.8 Å². The molecule has 27 heavy (non-hydrogen) atoms. The number of benzene rings is 1. The number of ether oxygens (including phenoxy) is 2. The first kappa shape index (κ1) is 22.1. The highest BCUT2D eigenvalue weighted by Crippen LogP contribution is 2.36. The van der Waals surface area contributed by atoms with Gasteiger partial charge in [0.05, 0.1) is 13.2 Å².